The van der Waals surface area contributed by atoms with Crippen LogP contribution in [0.5, 0.6) is 0 Å². The highest BCUT2D eigenvalue weighted by atomic mass is 32.1. The molecule has 8 heteroatoms. The zero-order valence-electron chi connectivity index (χ0n) is 19.5. The predicted molar refractivity (Wildman–Crippen MR) is 129 cm³/mol. The first-order chi connectivity index (χ1) is 15.6. The Labute approximate surface area is 198 Å². The van der Waals surface area contributed by atoms with Gasteiger partial charge in [-0.1, -0.05) is 51.1 Å². The molecule has 0 spiro atoms. The van der Waals surface area contributed by atoms with Gasteiger partial charge in [0.1, 0.15) is 6.54 Å². The predicted octanol–water partition coefficient (Wildman–Crippen LogP) is 3.20. The summed E-state index contributed by atoms with van der Waals surface area (Å²) in [7, 11) is 1.65. The Kier molecular flexibility index (Phi) is 6.30. The molecule has 2 aliphatic rings. The summed E-state index contributed by atoms with van der Waals surface area (Å²) in [5.74, 6) is -0.414. The smallest absolute Gasteiger partial charge is 0.322 e. The molecule has 174 valence electrons. The average molecular weight is 467 g/mol. The molecular formula is C25H30N4O3S. The fourth-order valence-corrected chi connectivity index (χ4v) is 4.89. The zero-order chi connectivity index (χ0) is 23.8. The van der Waals surface area contributed by atoms with Crippen molar-refractivity contribution < 1.29 is 14.4 Å². The number of carbonyl (C=O) groups is 3. The normalized spacial score (nSPS) is 18.5. The van der Waals surface area contributed by atoms with E-state index in [0.29, 0.717) is 17.8 Å². The molecule has 7 nitrogen and oxygen atoms in total. The van der Waals surface area contributed by atoms with Gasteiger partial charge < -0.3 is 15.5 Å². The summed E-state index contributed by atoms with van der Waals surface area (Å²) in [6, 6.07) is 11.2. The standard InChI is InChI=1S/C25H30N4O3S/c1-25(2,3)17-9-7-16(8-10-17)22-21-19(28(4)24(32)27-22)14-29(23(21)31)15-20(30)26-12-11-18-6-5-13-33-18/h5-10,13,22H,11-12,14-15H2,1-4H3,(H,26,30)(H,27,32). The monoisotopic (exact) mass is 466 g/mol. The van der Waals surface area contributed by atoms with E-state index in [9.17, 15) is 14.4 Å². The molecular weight excluding hydrogens is 436 g/mol. The van der Waals surface area contributed by atoms with E-state index in [4.69, 9.17) is 0 Å². The molecule has 1 unspecified atom stereocenters. The maximum Gasteiger partial charge on any atom is 0.322 e. The molecule has 0 radical (unpaired) electrons. The number of urea groups is 1. The van der Waals surface area contributed by atoms with E-state index >= 15 is 0 Å². The van der Waals surface area contributed by atoms with Crippen LogP contribution < -0.4 is 10.6 Å². The van der Waals surface area contributed by atoms with Gasteiger partial charge in [-0.05, 0) is 34.4 Å². The van der Waals surface area contributed by atoms with Gasteiger partial charge >= 0.3 is 6.03 Å². The van der Waals surface area contributed by atoms with Gasteiger partial charge in [0.05, 0.1) is 23.9 Å². The fourth-order valence-electron chi connectivity index (χ4n) is 4.19. The molecule has 2 aliphatic heterocycles. The lowest BCUT2D eigenvalue weighted by Gasteiger charge is -2.31. The van der Waals surface area contributed by atoms with Crippen molar-refractivity contribution >= 4 is 29.2 Å². The van der Waals surface area contributed by atoms with Gasteiger partial charge in [-0.2, -0.15) is 0 Å². The van der Waals surface area contributed by atoms with E-state index in [-0.39, 0.29) is 36.3 Å². The number of rotatable bonds is 6. The third-order valence-electron chi connectivity index (χ3n) is 6.15. The van der Waals surface area contributed by atoms with Crippen LogP contribution in [-0.4, -0.2) is 54.3 Å². The number of likely N-dealkylation sites (N-methyl/N-ethyl adjacent to an activating group) is 1. The fraction of sp³-hybridized carbons (Fsp3) is 0.400. The molecule has 0 bridgehead atoms. The lowest BCUT2D eigenvalue weighted by Crippen LogP contribution is -2.45. The molecule has 4 amide bonds. The van der Waals surface area contributed by atoms with E-state index in [1.54, 1.807) is 18.4 Å². The number of carbonyl (C=O) groups excluding carboxylic acids is 3. The molecule has 2 N–H and O–H groups in total. The summed E-state index contributed by atoms with van der Waals surface area (Å²) in [5.41, 5.74) is 3.23. The second-order valence-electron chi connectivity index (χ2n) is 9.51. The number of hydrogen-bond donors (Lipinski definition) is 2. The molecule has 4 rings (SSSR count). The van der Waals surface area contributed by atoms with Crippen LogP contribution in [0.15, 0.2) is 53.0 Å². The number of nitrogens with zero attached hydrogens (tertiary/aromatic N) is 2. The molecule has 1 aromatic carbocycles. The van der Waals surface area contributed by atoms with Gasteiger partial charge in [-0.25, -0.2) is 4.79 Å². The van der Waals surface area contributed by atoms with Crippen molar-refractivity contribution in [2.45, 2.75) is 38.6 Å². The molecule has 0 saturated carbocycles. The Bertz CT molecular complexity index is 1080. The summed E-state index contributed by atoms with van der Waals surface area (Å²) < 4.78 is 0. The number of thiophene rings is 1. The van der Waals surface area contributed by atoms with Crippen molar-refractivity contribution in [3.8, 4) is 0 Å². The van der Waals surface area contributed by atoms with Crippen LogP contribution in [0.25, 0.3) is 0 Å². The third kappa shape index (κ3) is 4.80. The third-order valence-corrected chi connectivity index (χ3v) is 7.09. The minimum atomic E-state index is -0.530. The van der Waals surface area contributed by atoms with Crippen LogP contribution in [0, 0.1) is 0 Å². The molecule has 2 aromatic rings. The molecule has 1 atom stereocenters. The molecule has 0 saturated heterocycles. The highest BCUT2D eigenvalue weighted by Gasteiger charge is 2.43. The number of amides is 4. The quantitative estimate of drug-likeness (QED) is 0.686. The first-order valence-corrected chi connectivity index (χ1v) is 12.0. The second kappa shape index (κ2) is 9.02. The van der Waals surface area contributed by atoms with Crippen LogP contribution in [0.1, 0.15) is 42.8 Å². The van der Waals surface area contributed by atoms with Gasteiger partial charge in [0.15, 0.2) is 0 Å². The number of hydrogen-bond acceptors (Lipinski definition) is 4. The first kappa shape index (κ1) is 23.0. The van der Waals surface area contributed by atoms with Crippen molar-refractivity contribution in [3.05, 3.63) is 69.1 Å². The van der Waals surface area contributed by atoms with Gasteiger partial charge in [0, 0.05) is 18.5 Å². The Hall–Kier alpha value is -3.13. The van der Waals surface area contributed by atoms with Crippen molar-refractivity contribution in [2.24, 2.45) is 0 Å². The van der Waals surface area contributed by atoms with Gasteiger partial charge in [0.25, 0.3) is 5.91 Å². The van der Waals surface area contributed by atoms with Crippen molar-refractivity contribution in [1.29, 1.82) is 0 Å². The summed E-state index contributed by atoms with van der Waals surface area (Å²) >= 11 is 1.66. The minimum Gasteiger partial charge on any atom is -0.354 e. The number of nitrogens with one attached hydrogen (secondary N) is 2. The summed E-state index contributed by atoms with van der Waals surface area (Å²) in [5, 5.41) is 7.85. The van der Waals surface area contributed by atoms with Gasteiger partial charge in [-0.15, -0.1) is 11.3 Å². The Morgan fingerprint density at radius 3 is 2.55 bits per heavy atom. The maximum atomic E-state index is 13.3. The lowest BCUT2D eigenvalue weighted by molar-refractivity contribution is -0.131. The SMILES string of the molecule is CN1C(=O)NC(c2ccc(C(C)(C)C)cc2)C2=C1CN(CC(=O)NCCc1cccs1)C2=O. The number of benzene rings is 1. The van der Waals surface area contributed by atoms with Gasteiger partial charge in [-0.3, -0.25) is 14.5 Å². The average Bonchev–Trinajstić information content (AvgIpc) is 3.39. The Morgan fingerprint density at radius 2 is 1.91 bits per heavy atom. The highest BCUT2D eigenvalue weighted by Crippen LogP contribution is 2.36. The van der Waals surface area contributed by atoms with Crippen molar-refractivity contribution in [1.82, 2.24) is 20.4 Å². The molecule has 1 aromatic heterocycles. The van der Waals surface area contributed by atoms with E-state index in [2.05, 4.69) is 31.4 Å². The Morgan fingerprint density at radius 1 is 1.18 bits per heavy atom. The highest BCUT2D eigenvalue weighted by molar-refractivity contribution is 7.09. The van der Waals surface area contributed by atoms with Crippen LogP contribution >= 0.6 is 11.3 Å². The van der Waals surface area contributed by atoms with Crippen molar-refractivity contribution in [2.75, 3.05) is 26.7 Å². The summed E-state index contributed by atoms with van der Waals surface area (Å²) in [6.45, 7) is 7.16. The molecule has 0 aliphatic carbocycles. The van der Waals surface area contributed by atoms with E-state index in [1.165, 1.54) is 20.2 Å². The van der Waals surface area contributed by atoms with Crippen LogP contribution in [-0.2, 0) is 21.4 Å². The molecule has 33 heavy (non-hydrogen) atoms. The lowest BCUT2D eigenvalue weighted by atomic mass is 9.85. The van der Waals surface area contributed by atoms with Crippen molar-refractivity contribution in [3.63, 3.8) is 0 Å². The molecule has 0 fully saturated rings. The van der Waals surface area contributed by atoms with E-state index < -0.39 is 6.04 Å². The van der Waals surface area contributed by atoms with Crippen LogP contribution in [0.4, 0.5) is 4.79 Å². The topological polar surface area (TPSA) is 81.8 Å². The minimum absolute atomic E-state index is 0.00975. The maximum absolute atomic E-state index is 13.3. The van der Waals surface area contributed by atoms with E-state index in [1.807, 2.05) is 41.8 Å². The summed E-state index contributed by atoms with van der Waals surface area (Å²) in [6.07, 6.45) is 0.764. The Balaban J connectivity index is 1.47. The van der Waals surface area contributed by atoms with Crippen LogP contribution in [0.3, 0.4) is 0 Å². The first-order valence-electron chi connectivity index (χ1n) is 11.1. The van der Waals surface area contributed by atoms with E-state index in [0.717, 1.165) is 12.0 Å². The zero-order valence-corrected chi connectivity index (χ0v) is 20.3. The second-order valence-corrected chi connectivity index (χ2v) is 10.5. The largest absolute Gasteiger partial charge is 0.354 e. The summed E-state index contributed by atoms with van der Waals surface area (Å²) in [4.78, 5) is 42.6. The van der Waals surface area contributed by atoms with Gasteiger partial charge in [0.2, 0.25) is 5.91 Å². The molecule has 3 heterocycles. The van der Waals surface area contributed by atoms with Crippen LogP contribution in [0.2, 0.25) is 0 Å².